The molecule has 0 aliphatic carbocycles. The molecule has 5 rings (SSSR count). The van der Waals surface area contributed by atoms with Crippen LogP contribution in [-0.2, 0) is 4.79 Å². The summed E-state index contributed by atoms with van der Waals surface area (Å²) in [6, 6.07) is 5.29. The minimum absolute atomic E-state index is 0.0258. The van der Waals surface area contributed by atoms with E-state index in [1.54, 1.807) is 29.2 Å². The van der Waals surface area contributed by atoms with E-state index in [9.17, 15) is 9.59 Å². The van der Waals surface area contributed by atoms with E-state index in [1.807, 2.05) is 0 Å². The maximum absolute atomic E-state index is 12.5. The van der Waals surface area contributed by atoms with E-state index in [-0.39, 0.29) is 23.4 Å². The van der Waals surface area contributed by atoms with E-state index < -0.39 is 5.56 Å². The molecule has 1 aromatic carbocycles. The van der Waals surface area contributed by atoms with Crippen molar-refractivity contribution < 1.29 is 14.3 Å². The Labute approximate surface area is 168 Å². The van der Waals surface area contributed by atoms with E-state index in [1.165, 1.54) is 22.1 Å². The molecular formula is C19H17N5O4S. The van der Waals surface area contributed by atoms with E-state index >= 15 is 0 Å². The molecule has 4 aliphatic heterocycles. The molecule has 0 unspecified atom stereocenters. The fourth-order valence-corrected chi connectivity index (χ4v) is 4.27. The third-order valence-corrected chi connectivity index (χ3v) is 5.79. The highest BCUT2D eigenvalue weighted by Crippen LogP contribution is 2.32. The van der Waals surface area contributed by atoms with Crippen molar-refractivity contribution in [1.29, 1.82) is 5.41 Å². The van der Waals surface area contributed by atoms with Gasteiger partial charge in [0.15, 0.2) is 17.0 Å². The van der Waals surface area contributed by atoms with Crippen LogP contribution in [0.2, 0.25) is 0 Å². The zero-order valence-corrected chi connectivity index (χ0v) is 16.1. The Morgan fingerprint density at radius 1 is 1.24 bits per heavy atom. The molecule has 9 nitrogen and oxygen atoms in total. The van der Waals surface area contributed by atoms with Gasteiger partial charge in [-0.25, -0.2) is 4.68 Å². The quantitative estimate of drug-likeness (QED) is 0.590. The van der Waals surface area contributed by atoms with Gasteiger partial charge < -0.3 is 14.4 Å². The third kappa shape index (κ3) is 3.21. The number of benzene rings is 1. The van der Waals surface area contributed by atoms with Crippen LogP contribution in [0.15, 0.2) is 23.0 Å². The van der Waals surface area contributed by atoms with Gasteiger partial charge in [0.2, 0.25) is 17.8 Å². The molecule has 29 heavy (non-hydrogen) atoms. The molecule has 1 fully saturated rings. The van der Waals surface area contributed by atoms with Gasteiger partial charge >= 0.3 is 0 Å². The van der Waals surface area contributed by atoms with Crippen molar-refractivity contribution in [1.82, 2.24) is 19.7 Å². The van der Waals surface area contributed by atoms with Gasteiger partial charge in [-0.3, -0.25) is 20.1 Å². The summed E-state index contributed by atoms with van der Waals surface area (Å²) in [6.07, 6.45) is 5.12. The Kier molecular flexibility index (Phi) is 4.20. The van der Waals surface area contributed by atoms with Crippen molar-refractivity contribution in [2.24, 2.45) is 0 Å². The van der Waals surface area contributed by atoms with E-state index in [2.05, 4.69) is 10.1 Å². The van der Waals surface area contributed by atoms with Crippen LogP contribution in [0.5, 0.6) is 11.5 Å². The summed E-state index contributed by atoms with van der Waals surface area (Å²) in [7, 11) is 0. The van der Waals surface area contributed by atoms with Crippen molar-refractivity contribution in [3.63, 3.8) is 0 Å². The second-order valence-electron chi connectivity index (χ2n) is 6.81. The first kappa shape index (κ1) is 17.7. The van der Waals surface area contributed by atoms with Crippen LogP contribution in [-0.4, -0.2) is 45.5 Å². The van der Waals surface area contributed by atoms with Crippen LogP contribution >= 0.6 is 11.3 Å². The predicted octanol–water partition coefficient (Wildman–Crippen LogP) is -0.500. The highest BCUT2D eigenvalue weighted by molar-refractivity contribution is 7.11. The van der Waals surface area contributed by atoms with Gasteiger partial charge in [-0.2, -0.15) is 4.98 Å². The number of aromatic amines is 1. The number of hydrogen-bond acceptors (Lipinski definition) is 7. The summed E-state index contributed by atoms with van der Waals surface area (Å²) >= 11 is 1.17. The van der Waals surface area contributed by atoms with Gasteiger partial charge in [-0.1, -0.05) is 17.4 Å². The van der Waals surface area contributed by atoms with Crippen molar-refractivity contribution >= 4 is 29.4 Å². The number of nitrogens with zero attached hydrogens (tertiary/aromatic N) is 3. The standard InChI is InChI=1S/C19H17N5O4S/c20-17-12(7-11-3-4-13-14(8-11)28-10-27-13)18(26)21-19-24(17)22-15(29-19)9-16(25)23-5-1-2-6-23/h3-4,7-9,20,22H,1-2,5-6,10H2/b12-7-,15-9+,20-17?. The molecule has 0 aromatic heterocycles. The molecule has 148 valence electrons. The van der Waals surface area contributed by atoms with Crippen LogP contribution < -0.4 is 30.4 Å². The lowest BCUT2D eigenvalue weighted by atomic mass is 10.1. The molecule has 4 heterocycles. The van der Waals surface area contributed by atoms with Crippen molar-refractivity contribution in [3.8, 4) is 16.6 Å². The molecule has 10 heteroatoms. The van der Waals surface area contributed by atoms with Crippen molar-refractivity contribution in [2.45, 2.75) is 12.8 Å². The van der Waals surface area contributed by atoms with Crippen LogP contribution in [0.1, 0.15) is 18.4 Å². The Morgan fingerprint density at radius 3 is 2.86 bits per heavy atom. The first-order valence-electron chi connectivity index (χ1n) is 9.17. The number of hydrogen-bond donors (Lipinski definition) is 2. The monoisotopic (exact) mass is 411 g/mol. The normalized spacial score (nSPS) is 16.9. The zero-order chi connectivity index (χ0) is 20.0. The average Bonchev–Trinajstić information content (AvgIpc) is 3.44. The van der Waals surface area contributed by atoms with Crippen LogP contribution in [0, 0.1) is 5.41 Å². The summed E-state index contributed by atoms with van der Waals surface area (Å²) in [4.78, 5) is 30.7. The minimum atomic E-state index is -0.500. The number of ether oxygens (including phenoxy) is 2. The molecule has 0 saturated carbocycles. The summed E-state index contributed by atoms with van der Waals surface area (Å²) < 4.78 is 12.6. The smallest absolute Gasteiger partial charge is 0.283 e. The molecule has 0 bridgehead atoms. The lowest BCUT2D eigenvalue weighted by Crippen LogP contribution is -2.47. The van der Waals surface area contributed by atoms with Crippen LogP contribution in [0.25, 0.3) is 17.3 Å². The molecule has 4 aliphatic rings. The maximum atomic E-state index is 12.5. The second kappa shape index (κ2) is 6.89. The second-order valence-corrected chi connectivity index (χ2v) is 7.82. The Bertz CT molecular complexity index is 1320. The first-order valence-corrected chi connectivity index (χ1v) is 9.99. The summed E-state index contributed by atoms with van der Waals surface area (Å²) in [5, 5.41) is 11.9. The molecule has 2 N–H and O–H groups in total. The van der Waals surface area contributed by atoms with Crippen molar-refractivity contribution in [2.75, 3.05) is 19.9 Å². The van der Waals surface area contributed by atoms with Gasteiger partial charge in [-0.15, -0.1) is 0 Å². The number of nitrogens with one attached hydrogen (secondary N) is 2. The van der Waals surface area contributed by atoms with E-state index in [4.69, 9.17) is 14.9 Å². The first-order chi connectivity index (χ1) is 14.1. The van der Waals surface area contributed by atoms with Gasteiger partial charge in [0.05, 0.1) is 5.22 Å². The highest BCUT2D eigenvalue weighted by Gasteiger charge is 2.17. The topological polar surface area (TPSA) is 113 Å². The summed E-state index contributed by atoms with van der Waals surface area (Å²) in [5.41, 5.74) is 0.176. The Morgan fingerprint density at radius 2 is 2.03 bits per heavy atom. The largest absolute Gasteiger partial charge is 0.454 e. The van der Waals surface area contributed by atoms with Gasteiger partial charge in [-0.05, 0) is 36.6 Å². The SMILES string of the molecule is N=c1/c(=C/c2ccc3c(c2)OCO3)c(=O)nc2s/c(=C/C(=O)N3CCCC3)[nH]n1-2. The number of rotatable bonds is 2. The molecule has 0 spiro atoms. The number of likely N-dealkylation sites (tertiary alicyclic amines) is 1. The van der Waals surface area contributed by atoms with Crippen LogP contribution in [0.3, 0.4) is 0 Å². The number of fused-ring (bicyclic) bond motifs is 2. The fourth-order valence-electron chi connectivity index (χ4n) is 3.42. The van der Waals surface area contributed by atoms with Crippen LogP contribution in [0.4, 0.5) is 0 Å². The maximum Gasteiger partial charge on any atom is 0.283 e. The summed E-state index contributed by atoms with van der Waals surface area (Å²) in [5.74, 6) is 1.17. The fraction of sp³-hybridized carbons (Fsp3) is 0.263. The third-order valence-electron chi connectivity index (χ3n) is 4.90. The van der Waals surface area contributed by atoms with Gasteiger partial charge in [0.1, 0.15) is 4.66 Å². The number of carbonyl (C=O) groups excluding carboxylic acids is 1. The molecule has 1 aromatic rings. The van der Waals surface area contributed by atoms with Gasteiger partial charge in [0.25, 0.3) is 5.56 Å². The Balaban J connectivity index is 1.59. The minimum Gasteiger partial charge on any atom is -0.454 e. The average molecular weight is 411 g/mol. The molecule has 0 atom stereocenters. The molecular weight excluding hydrogens is 394 g/mol. The lowest BCUT2D eigenvalue weighted by Gasteiger charge is -2.10. The molecule has 1 amide bonds. The Hall–Kier alpha value is -3.40. The number of carbonyl (C=O) groups is 1. The van der Waals surface area contributed by atoms with Crippen molar-refractivity contribution in [3.05, 3.63) is 49.5 Å². The number of H-pyrrole nitrogens is 1. The number of aromatic nitrogens is 3. The van der Waals surface area contributed by atoms with E-state index in [0.717, 1.165) is 25.9 Å². The van der Waals surface area contributed by atoms with Gasteiger partial charge in [0, 0.05) is 19.2 Å². The lowest BCUT2D eigenvalue weighted by molar-refractivity contribution is -0.123. The molecule has 0 radical (unpaired) electrons. The van der Waals surface area contributed by atoms with E-state index in [0.29, 0.717) is 26.9 Å². The molecule has 1 saturated heterocycles. The number of amides is 1. The predicted molar refractivity (Wildman–Crippen MR) is 105 cm³/mol. The zero-order valence-electron chi connectivity index (χ0n) is 15.3. The highest BCUT2D eigenvalue weighted by atomic mass is 32.1. The summed E-state index contributed by atoms with van der Waals surface area (Å²) in [6.45, 7) is 1.68.